The van der Waals surface area contributed by atoms with Crippen LogP contribution < -0.4 is 0 Å². The van der Waals surface area contributed by atoms with Crippen molar-refractivity contribution in [2.24, 2.45) is 0 Å². The molecule has 0 spiro atoms. The topological polar surface area (TPSA) is 33.1 Å². The van der Waals surface area contributed by atoms with E-state index in [9.17, 15) is 5.11 Å². The first kappa shape index (κ1) is 13.8. The van der Waals surface area contributed by atoms with Crippen molar-refractivity contribution in [3.63, 3.8) is 0 Å². The van der Waals surface area contributed by atoms with Crippen molar-refractivity contribution in [2.75, 3.05) is 0 Å². The molecule has 1 heterocycles. The first-order valence-electron chi connectivity index (χ1n) is 6.60. The first-order chi connectivity index (χ1) is 8.91. The van der Waals surface area contributed by atoms with Crippen molar-refractivity contribution < 1.29 is 5.11 Å². The predicted molar refractivity (Wildman–Crippen MR) is 79.0 cm³/mol. The summed E-state index contributed by atoms with van der Waals surface area (Å²) in [4.78, 5) is 4.81. The predicted octanol–water partition coefficient (Wildman–Crippen LogP) is 3.85. The summed E-state index contributed by atoms with van der Waals surface area (Å²) in [6, 6.07) is 12.1. The Balaban J connectivity index is 2.51. The summed E-state index contributed by atoms with van der Waals surface area (Å²) < 4.78 is 0. The Labute approximate surface area is 115 Å². The third-order valence-corrected chi connectivity index (χ3v) is 3.21. The Morgan fingerprint density at radius 1 is 1.11 bits per heavy atom. The largest absolute Gasteiger partial charge is 0.392 e. The number of nitrogens with zero attached hydrogens (tertiary/aromatic N) is 1. The number of aliphatic hydroxyl groups excluding tert-OH is 1. The molecular weight excluding hydrogens is 234 g/mol. The molecule has 1 aromatic carbocycles. The molecule has 0 aliphatic carbocycles. The molecule has 0 aliphatic heterocycles. The summed E-state index contributed by atoms with van der Waals surface area (Å²) in [5.74, 6) is 0. The average Bonchev–Trinajstić information content (AvgIpc) is 2.38. The van der Waals surface area contributed by atoms with Crippen LogP contribution in [0.15, 0.2) is 36.4 Å². The van der Waals surface area contributed by atoms with Crippen LogP contribution in [0, 0.1) is 6.92 Å². The minimum atomic E-state index is 0.0364. The number of aliphatic hydroxyl groups is 1. The van der Waals surface area contributed by atoms with E-state index in [1.54, 1.807) is 0 Å². The smallest absolute Gasteiger partial charge is 0.0705 e. The second kappa shape index (κ2) is 5.14. The zero-order valence-corrected chi connectivity index (χ0v) is 12.1. The summed E-state index contributed by atoms with van der Waals surface area (Å²) >= 11 is 0. The average molecular weight is 255 g/mol. The van der Waals surface area contributed by atoms with Crippen LogP contribution in [0.4, 0.5) is 0 Å². The van der Waals surface area contributed by atoms with Gasteiger partial charge >= 0.3 is 0 Å². The highest BCUT2D eigenvalue weighted by molar-refractivity contribution is 5.60. The van der Waals surface area contributed by atoms with E-state index >= 15 is 0 Å². The molecule has 0 amide bonds. The molecule has 100 valence electrons. The van der Waals surface area contributed by atoms with E-state index in [0.29, 0.717) is 0 Å². The van der Waals surface area contributed by atoms with Crippen molar-refractivity contribution >= 4 is 0 Å². The molecule has 0 saturated carbocycles. The fourth-order valence-corrected chi connectivity index (χ4v) is 2.28. The van der Waals surface area contributed by atoms with Crippen LogP contribution in [0.2, 0.25) is 0 Å². The molecule has 0 bridgehead atoms. The number of hydrogen-bond donors (Lipinski definition) is 1. The lowest BCUT2D eigenvalue weighted by atomic mass is 9.88. The van der Waals surface area contributed by atoms with Gasteiger partial charge in [-0.3, -0.25) is 4.98 Å². The third kappa shape index (κ3) is 3.02. The molecule has 0 radical (unpaired) electrons. The van der Waals surface area contributed by atoms with Gasteiger partial charge in [-0.15, -0.1) is 0 Å². The lowest BCUT2D eigenvalue weighted by Gasteiger charge is -2.21. The summed E-state index contributed by atoms with van der Waals surface area (Å²) in [5.41, 5.74) is 5.31. The zero-order chi connectivity index (χ0) is 14.0. The van der Waals surface area contributed by atoms with Gasteiger partial charge in [0.2, 0.25) is 0 Å². The highest BCUT2D eigenvalue weighted by Crippen LogP contribution is 2.27. The van der Waals surface area contributed by atoms with Gasteiger partial charge in [-0.1, -0.05) is 45.0 Å². The lowest BCUT2D eigenvalue weighted by Crippen LogP contribution is -2.15. The Morgan fingerprint density at radius 3 is 2.47 bits per heavy atom. The Hall–Kier alpha value is -1.67. The van der Waals surface area contributed by atoms with E-state index in [0.717, 1.165) is 22.5 Å². The van der Waals surface area contributed by atoms with E-state index in [1.165, 1.54) is 5.56 Å². The summed E-state index contributed by atoms with van der Waals surface area (Å²) in [6.07, 6.45) is 0. The molecule has 2 rings (SSSR count). The van der Waals surface area contributed by atoms with Crippen molar-refractivity contribution in [1.82, 2.24) is 4.98 Å². The molecular formula is C17H21NO. The molecule has 0 atom stereocenters. The molecule has 0 aliphatic rings. The Morgan fingerprint density at radius 2 is 1.84 bits per heavy atom. The van der Waals surface area contributed by atoms with Crippen LogP contribution in [-0.4, -0.2) is 10.1 Å². The quantitative estimate of drug-likeness (QED) is 0.884. The maximum Gasteiger partial charge on any atom is 0.0705 e. The van der Waals surface area contributed by atoms with Gasteiger partial charge in [-0.2, -0.15) is 0 Å². The van der Waals surface area contributed by atoms with Crippen LogP contribution in [0.3, 0.4) is 0 Å². The van der Waals surface area contributed by atoms with E-state index in [1.807, 2.05) is 30.3 Å². The number of rotatable bonds is 2. The van der Waals surface area contributed by atoms with Gasteiger partial charge in [-0.25, -0.2) is 0 Å². The third-order valence-electron chi connectivity index (χ3n) is 3.21. The fraction of sp³-hybridized carbons (Fsp3) is 0.353. The van der Waals surface area contributed by atoms with Crippen LogP contribution in [0.1, 0.15) is 37.6 Å². The van der Waals surface area contributed by atoms with Crippen LogP contribution in [-0.2, 0) is 12.0 Å². The van der Waals surface area contributed by atoms with Gasteiger partial charge in [0.15, 0.2) is 0 Å². The zero-order valence-electron chi connectivity index (χ0n) is 12.1. The molecule has 1 N–H and O–H groups in total. The normalized spacial score (nSPS) is 11.6. The number of benzene rings is 1. The molecule has 2 aromatic rings. The maximum absolute atomic E-state index is 9.22. The molecule has 2 heteroatoms. The van der Waals surface area contributed by atoms with Crippen molar-refractivity contribution in [3.05, 3.63) is 53.2 Å². The maximum atomic E-state index is 9.22. The molecule has 0 saturated heterocycles. The van der Waals surface area contributed by atoms with Gasteiger partial charge in [-0.05, 0) is 30.2 Å². The first-order valence-corrected chi connectivity index (χ1v) is 6.60. The summed E-state index contributed by atoms with van der Waals surface area (Å²) in [6.45, 7) is 8.69. The minimum absolute atomic E-state index is 0.0364. The summed E-state index contributed by atoms with van der Waals surface area (Å²) in [5, 5.41) is 9.22. The Bertz CT molecular complexity index is 582. The molecule has 2 nitrogen and oxygen atoms in total. The van der Waals surface area contributed by atoms with E-state index < -0.39 is 0 Å². The molecule has 1 aromatic heterocycles. The highest BCUT2D eigenvalue weighted by Gasteiger charge is 2.18. The number of aromatic nitrogens is 1. The van der Waals surface area contributed by atoms with Gasteiger partial charge in [0.1, 0.15) is 0 Å². The van der Waals surface area contributed by atoms with Crippen molar-refractivity contribution in [2.45, 2.75) is 39.7 Å². The van der Waals surface area contributed by atoms with Gasteiger partial charge in [0.05, 0.1) is 12.3 Å². The molecule has 0 fully saturated rings. The second-order valence-corrected chi connectivity index (χ2v) is 5.97. The highest BCUT2D eigenvalue weighted by atomic mass is 16.3. The summed E-state index contributed by atoms with van der Waals surface area (Å²) in [7, 11) is 0. The van der Waals surface area contributed by atoms with Gasteiger partial charge in [0, 0.05) is 16.7 Å². The Kier molecular flexibility index (Phi) is 3.72. The number of aryl methyl sites for hydroxylation is 1. The van der Waals surface area contributed by atoms with Crippen LogP contribution in [0.25, 0.3) is 11.3 Å². The second-order valence-electron chi connectivity index (χ2n) is 5.97. The molecule has 0 unspecified atom stereocenters. The lowest BCUT2D eigenvalue weighted by molar-refractivity contribution is 0.282. The van der Waals surface area contributed by atoms with Crippen molar-refractivity contribution in [1.29, 1.82) is 0 Å². The van der Waals surface area contributed by atoms with E-state index in [2.05, 4.69) is 33.8 Å². The van der Waals surface area contributed by atoms with E-state index in [-0.39, 0.29) is 12.0 Å². The minimum Gasteiger partial charge on any atom is -0.392 e. The van der Waals surface area contributed by atoms with Crippen LogP contribution in [0.5, 0.6) is 0 Å². The monoisotopic (exact) mass is 255 g/mol. The standard InChI is InChI=1S/C17H21NO/c1-12-8-9-15(18-16(12)17(2,3)4)14-7-5-6-13(10-14)11-19/h5-10,19H,11H2,1-4H3. The van der Waals surface area contributed by atoms with Gasteiger partial charge < -0.3 is 5.11 Å². The van der Waals surface area contributed by atoms with Crippen molar-refractivity contribution in [3.8, 4) is 11.3 Å². The van der Waals surface area contributed by atoms with E-state index in [4.69, 9.17) is 4.98 Å². The number of hydrogen-bond acceptors (Lipinski definition) is 2. The SMILES string of the molecule is Cc1ccc(-c2cccc(CO)c2)nc1C(C)(C)C. The fourth-order valence-electron chi connectivity index (χ4n) is 2.28. The molecule has 19 heavy (non-hydrogen) atoms. The van der Waals surface area contributed by atoms with Gasteiger partial charge in [0.25, 0.3) is 0 Å². The number of pyridine rings is 1. The van der Waals surface area contributed by atoms with Crippen LogP contribution >= 0.6 is 0 Å².